The number of hydrogen-bond donors (Lipinski definition) is 2. The van der Waals surface area contributed by atoms with Crippen LogP contribution in [0, 0.1) is 0 Å². The predicted molar refractivity (Wildman–Crippen MR) is 82.1 cm³/mol. The molecule has 1 amide bonds. The van der Waals surface area contributed by atoms with Crippen LogP contribution in [0.2, 0.25) is 0 Å². The fourth-order valence-corrected chi connectivity index (χ4v) is 2.14. The van der Waals surface area contributed by atoms with E-state index in [9.17, 15) is 14.7 Å². The second-order valence-corrected chi connectivity index (χ2v) is 5.50. The molecule has 0 saturated heterocycles. The molecule has 0 aliphatic rings. The van der Waals surface area contributed by atoms with Crippen molar-refractivity contribution in [2.75, 3.05) is 20.8 Å². The smallest absolute Gasteiger partial charge is 0.331 e. The van der Waals surface area contributed by atoms with Crippen molar-refractivity contribution in [3.05, 3.63) is 29.8 Å². The van der Waals surface area contributed by atoms with Crippen LogP contribution >= 0.6 is 0 Å². The van der Waals surface area contributed by atoms with Crippen LogP contribution in [0.1, 0.15) is 31.7 Å². The number of benzene rings is 1. The summed E-state index contributed by atoms with van der Waals surface area (Å²) in [5.41, 5.74) is -0.474. The van der Waals surface area contributed by atoms with E-state index >= 15 is 0 Å². The maximum absolute atomic E-state index is 12.1. The van der Waals surface area contributed by atoms with Crippen LogP contribution in [0.4, 0.5) is 0 Å². The maximum Gasteiger partial charge on any atom is 0.331 e. The quantitative estimate of drug-likeness (QED) is 0.765. The summed E-state index contributed by atoms with van der Waals surface area (Å²) in [5.74, 6) is -0.802. The lowest BCUT2D eigenvalue weighted by atomic mass is 9.96. The van der Waals surface area contributed by atoms with E-state index in [4.69, 9.17) is 9.47 Å². The molecule has 122 valence electrons. The van der Waals surface area contributed by atoms with Crippen LogP contribution in [0.3, 0.4) is 0 Å². The molecular weight excluding hydrogens is 286 g/mol. The average Bonchev–Trinajstić information content (AvgIpc) is 2.47. The second kappa shape index (κ2) is 7.79. The number of carboxylic acids is 1. The summed E-state index contributed by atoms with van der Waals surface area (Å²) in [4.78, 5) is 23.4. The standard InChI is InChI=1S/C16H23NO5/c1-11(12-6-5-7-13(9-12)22-4)8-14(18)17-16(2,10-21-3)15(19)20/h5-7,9,11H,8,10H2,1-4H3,(H,17,18)(H,19,20). The molecule has 0 bridgehead atoms. The Balaban J connectivity index is 2.72. The van der Waals surface area contributed by atoms with Crippen LogP contribution in [0.25, 0.3) is 0 Å². The van der Waals surface area contributed by atoms with Gasteiger partial charge in [0.25, 0.3) is 0 Å². The van der Waals surface area contributed by atoms with Crippen molar-refractivity contribution >= 4 is 11.9 Å². The molecule has 22 heavy (non-hydrogen) atoms. The van der Waals surface area contributed by atoms with Gasteiger partial charge < -0.3 is 19.9 Å². The highest BCUT2D eigenvalue weighted by Crippen LogP contribution is 2.23. The van der Waals surface area contributed by atoms with Crippen molar-refractivity contribution in [3.8, 4) is 5.75 Å². The number of hydrogen-bond acceptors (Lipinski definition) is 4. The topological polar surface area (TPSA) is 84.9 Å². The van der Waals surface area contributed by atoms with Crippen molar-refractivity contribution in [3.63, 3.8) is 0 Å². The third kappa shape index (κ3) is 4.73. The monoisotopic (exact) mass is 309 g/mol. The van der Waals surface area contributed by atoms with Gasteiger partial charge in [0.05, 0.1) is 13.7 Å². The molecule has 0 saturated carbocycles. The molecule has 1 aromatic rings. The molecule has 2 N–H and O–H groups in total. The normalized spacial score (nSPS) is 14.7. The third-order valence-corrected chi connectivity index (χ3v) is 3.47. The minimum absolute atomic E-state index is 0.0595. The first-order valence-corrected chi connectivity index (χ1v) is 6.99. The molecule has 6 nitrogen and oxygen atoms in total. The highest BCUT2D eigenvalue weighted by molar-refractivity contribution is 5.87. The van der Waals surface area contributed by atoms with Crippen molar-refractivity contribution in [1.82, 2.24) is 5.32 Å². The lowest BCUT2D eigenvalue weighted by Gasteiger charge is -2.26. The zero-order valence-corrected chi connectivity index (χ0v) is 13.4. The SMILES string of the molecule is COCC(C)(NC(=O)CC(C)c1cccc(OC)c1)C(=O)O. The summed E-state index contributed by atoms with van der Waals surface area (Å²) in [7, 11) is 2.98. The number of methoxy groups -OCH3 is 2. The summed E-state index contributed by atoms with van der Waals surface area (Å²) < 4.78 is 10.0. The lowest BCUT2D eigenvalue weighted by Crippen LogP contribution is -2.55. The molecule has 1 aromatic carbocycles. The van der Waals surface area contributed by atoms with E-state index in [0.29, 0.717) is 0 Å². The van der Waals surface area contributed by atoms with Gasteiger partial charge in [0.1, 0.15) is 5.75 Å². The summed E-state index contributed by atoms with van der Waals surface area (Å²) in [6.07, 6.45) is 0.180. The minimum atomic E-state index is -1.43. The molecule has 1 rings (SSSR count). The number of aliphatic carboxylic acids is 1. The molecule has 0 aliphatic carbocycles. The molecule has 2 atom stereocenters. The first kappa shape index (κ1) is 18.0. The molecule has 6 heteroatoms. The summed E-state index contributed by atoms with van der Waals surface area (Å²) >= 11 is 0. The van der Waals surface area contributed by atoms with Crippen LogP contribution in [0.5, 0.6) is 5.75 Å². The van der Waals surface area contributed by atoms with Crippen LogP contribution < -0.4 is 10.1 Å². The Morgan fingerprint density at radius 3 is 2.59 bits per heavy atom. The highest BCUT2D eigenvalue weighted by atomic mass is 16.5. The van der Waals surface area contributed by atoms with Crippen LogP contribution in [-0.4, -0.2) is 43.3 Å². The second-order valence-electron chi connectivity index (χ2n) is 5.50. The van der Waals surface area contributed by atoms with Gasteiger partial charge in [0.2, 0.25) is 5.91 Å². The van der Waals surface area contributed by atoms with E-state index < -0.39 is 11.5 Å². The maximum atomic E-state index is 12.1. The van der Waals surface area contributed by atoms with E-state index in [1.807, 2.05) is 31.2 Å². The molecule has 0 spiro atoms. The highest BCUT2D eigenvalue weighted by Gasteiger charge is 2.35. The van der Waals surface area contributed by atoms with Crippen LogP contribution in [0.15, 0.2) is 24.3 Å². The Labute approximate surface area is 130 Å². The first-order chi connectivity index (χ1) is 10.3. The molecule has 2 unspecified atom stereocenters. The number of ether oxygens (including phenoxy) is 2. The number of carboxylic acid groups (broad SMARTS) is 1. The number of amides is 1. The first-order valence-electron chi connectivity index (χ1n) is 6.99. The number of carbonyl (C=O) groups excluding carboxylic acids is 1. The van der Waals surface area contributed by atoms with E-state index in [1.165, 1.54) is 14.0 Å². The molecule has 0 aliphatic heterocycles. The van der Waals surface area contributed by atoms with Gasteiger partial charge in [-0.2, -0.15) is 0 Å². The molecule has 0 aromatic heterocycles. The Kier molecular flexibility index (Phi) is 6.37. The Bertz CT molecular complexity index is 531. The van der Waals surface area contributed by atoms with E-state index in [0.717, 1.165) is 11.3 Å². The van der Waals surface area contributed by atoms with E-state index in [-0.39, 0.29) is 24.9 Å². The fraction of sp³-hybridized carbons (Fsp3) is 0.500. The van der Waals surface area contributed by atoms with Crippen molar-refractivity contribution in [1.29, 1.82) is 0 Å². The van der Waals surface area contributed by atoms with Gasteiger partial charge >= 0.3 is 5.97 Å². The van der Waals surface area contributed by atoms with Gasteiger partial charge in [0.15, 0.2) is 5.54 Å². The third-order valence-electron chi connectivity index (χ3n) is 3.47. The molecule has 0 radical (unpaired) electrons. The zero-order chi connectivity index (χ0) is 16.8. The number of nitrogens with one attached hydrogen (secondary N) is 1. The Morgan fingerprint density at radius 2 is 2.05 bits per heavy atom. The van der Waals surface area contributed by atoms with Gasteiger partial charge in [-0.15, -0.1) is 0 Å². The molecule has 0 fully saturated rings. The summed E-state index contributed by atoms with van der Waals surface area (Å²) in [5, 5.41) is 11.7. The van der Waals surface area contributed by atoms with Crippen molar-refractivity contribution in [2.24, 2.45) is 0 Å². The van der Waals surface area contributed by atoms with Gasteiger partial charge in [-0.1, -0.05) is 19.1 Å². The van der Waals surface area contributed by atoms with Gasteiger partial charge in [0, 0.05) is 13.5 Å². The largest absolute Gasteiger partial charge is 0.497 e. The number of carbonyl (C=O) groups is 2. The Morgan fingerprint density at radius 1 is 1.36 bits per heavy atom. The van der Waals surface area contributed by atoms with Gasteiger partial charge in [-0.05, 0) is 30.5 Å². The zero-order valence-electron chi connectivity index (χ0n) is 13.4. The van der Waals surface area contributed by atoms with E-state index in [2.05, 4.69) is 5.32 Å². The molecule has 0 heterocycles. The van der Waals surface area contributed by atoms with Gasteiger partial charge in [-0.25, -0.2) is 4.79 Å². The fourth-order valence-electron chi connectivity index (χ4n) is 2.14. The van der Waals surface area contributed by atoms with E-state index in [1.54, 1.807) is 7.11 Å². The van der Waals surface area contributed by atoms with Crippen molar-refractivity contribution in [2.45, 2.75) is 31.7 Å². The average molecular weight is 309 g/mol. The summed E-state index contributed by atoms with van der Waals surface area (Å²) in [6, 6.07) is 7.46. The predicted octanol–water partition coefficient (Wildman–Crippen LogP) is 1.79. The lowest BCUT2D eigenvalue weighted by molar-refractivity contribution is -0.149. The van der Waals surface area contributed by atoms with Gasteiger partial charge in [-0.3, -0.25) is 4.79 Å². The van der Waals surface area contributed by atoms with Crippen LogP contribution in [-0.2, 0) is 14.3 Å². The van der Waals surface area contributed by atoms with Crippen molar-refractivity contribution < 1.29 is 24.2 Å². The summed E-state index contributed by atoms with van der Waals surface area (Å²) in [6.45, 7) is 3.23. The number of rotatable bonds is 8. The minimum Gasteiger partial charge on any atom is -0.497 e. The molecular formula is C16H23NO5. The Hall–Kier alpha value is -2.08.